The van der Waals surface area contributed by atoms with Crippen molar-refractivity contribution in [2.75, 3.05) is 13.6 Å². The van der Waals surface area contributed by atoms with E-state index < -0.39 is 0 Å². The number of pyridine rings is 2. The van der Waals surface area contributed by atoms with Crippen LogP contribution >= 0.6 is 0 Å². The lowest BCUT2D eigenvalue weighted by Crippen LogP contribution is -2.27. The van der Waals surface area contributed by atoms with Crippen molar-refractivity contribution in [3.05, 3.63) is 71.9 Å². The molecule has 1 aliphatic heterocycles. The summed E-state index contributed by atoms with van der Waals surface area (Å²) in [6.07, 6.45) is 2.90. The number of benzene rings is 2. The second kappa shape index (κ2) is 5.64. The van der Waals surface area contributed by atoms with Crippen LogP contribution in [0.15, 0.2) is 60.8 Å². The molecule has 0 fully saturated rings. The molecule has 0 atom stereocenters. The van der Waals surface area contributed by atoms with Crippen LogP contribution in [-0.4, -0.2) is 28.5 Å². The Morgan fingerprint density at radius 2 is 1.80 bits per heavy atom. The van der Waals surface area contributed by atoms with Gasteiger partial charge in [0.2, 0.25) is 0 Å². The summed E-state index contributed by atoms with van der Waals surface area (Å²) < 4.78 is 0. The molecule has 3 nitrogen and oxygen atoms in total. The lowest BCUT2D eigenvalue weighted by molar-refractivity contribution is 0.314. The van der Waals surface area contributed by atoms with Crippen molar-refractivity contribution in [2.45, 2.75) is 13.0 Å². The van der Waals surface area contributed by atoms with Gasteiger partial charge in [-0.15, -0.1) is 0 Å². The van der Waals surface area contributed by atoms with E-state index in [1.54, 1.807) is 0 Å². The van der Waals surface area contributed by atoms with Gasteiger partial charge in [-0.05, 0) is 53.6 Å². The average molecular weight is 325 g/mol. The molecule has 3 heteroatoms. The molecular formula is C22H19N3. The molecule has 25 heavy (non-hydrogen) atoms. The van der Waals surface area contributed by atoms with Crippen molar-refractivity contribution >= 4 is 21.7 Å². The fourth-order valence-electron chi connectivity index (χ4n) is 3.96. The van der Waals surface area contributed by atoms with Crippen molar-refractivity contribution < 1.29 is 0 Å². The molecule has 0 spiro atoms. The Morgan fingerprint density at radius 3 is 2.68 bits per heavy atom. The molecule has 4 aromatic rings. The highest BCUT2D eigenvalue weighted by molar-refractivity contribution is 6.09. The molecule has 0 radical (unpaired) electrons. The third-order valence-electron chi connectivity index (χ3n) is 5.17. The SMILES string of the molecule is CN1CCc2c(c(-c3ccccn3)nc3ccc4ccccc4c23)C1. The van der Waals surface area contributed by atoms with E-state index in [-0.39, 0.29) is 0 Å². The van der Waals surface area contributed by atoms with Gasteiger partial charge in [0.25, 0.3) is 0 Å². The van der Waals surface area contributed by atoms with Gasteiger partial charge in [-0.1, -0.05) is 36.4 Å². The van der Waals surface area contributed by atoms with Crippen molar-refractivity contribution in [3.8, 4) is 11.4 Å². The van der Waals surface area contributed by atoms with E-state index in [0.29, 0.717) is 0 Å². The van der Waals surface area contributed by atoms with Crippen LogP contribution in [0.5, 0.6) is 0 Å². The molecular weight excluding hydrogens is 306 g/mol. The maximum Gasteiger partial charge on any atom is 0.0941 e. The number of hydrogen-bond donors (Lipinski definition) is 0. The van der Waals surface area contributed by atoms with Gasteiger partial charge in [0.05, 0.1) is 16.9 Å². The zero-order valence-electron chi connectivity index (χ0n) is 14.2. The van der Waals surface area contributed by atoms with Gasteiger partial charge in [0, 0.05) is 24.7 Å². The Hall–Kier alpha value is -2.78. The number of aromatic nitrogens is 2. The van der Waals surface area contributed by atoms with Crippen LogP contribution < -0.4 is 0 Å². The van der Waals surface area contributed by atoms with Crippen LogP contribution in [-0.2, 0) is 13.0 Å². The van der Waals surface area contributed by atoms with Crippen molar-refractivity contribution in [2.24, 2.45) is 0 Å². The molecule has 5 rings (SSSR count). The molecule has 122 valence electrons. The van der Waals surface area contributed by atoms with Gasteiger partial charge in [-0.3, -0.25) is 4.98 Å². The predicted molar refractivity (Wildman–Crippen MR) is 103 cm³/mol. The van der Waals surface area contributed by atoms with Gasteiger partial charge in [-0.2, -0.15) is 0 Å². The first kappa shape index (κ1) is 14.6. The quantitative estimate of drug-likeness (QED) is 0.485. The van der Waals surface area contributed by atoms with Crippen molar-refractivity contribution in [1.29, 1.82) is 0 Å². The molecule has 0 saturated carbocycles. The fourth-order valence-corrected chi connectivity index (χ4v) is 3.96. The first-order chi connectivity index (χ1) is 12.3. The summed E-state index contributed by atoms with van der Waals surface area (Å²) in [5.74, 6) is 0. The summed E-state index contributed by atoms with van der Waals surface area (Å²) >= 11 is 0. The summed E-state index contributed by atoms with van der Waals surface area (Å²) in [5.41, 5.74) is 5.84. The number of likely N-dealkylation sites (N-methyl/N-ethyl adjacent to an activating group) is 1. The monoisotopic (exact) mass is 325 g/mol. The molecule has 2 aromatic carbocycles. The molecule has 3 heterocycles. The summed E-state index contributed by atoms with van der Waals surface area (Å²) in [6.45, 7) is 2.00. The lowest BCUT2D eigenvalue weighted by Gasteiger charge is -2.28. The average Bonchev–Trinajstić information content (AvgIpc) is 2.67. The van der Waals surface area contributed by atoms with Crippen LogP contribution in [0.1, 0.15) is 11.1 Å². The molecule has 2 aromatic heterocycles. The van der Waals surface area contributed by atoms with Crippen LogP contribution in [0.4, 0.5) is 0 Å². The van der Waals surface area contributed by atoms with E-state index in [9.17, 15) is 0 Å². The number of hydrogen-bond acceptors (Lipinski definition) is 3. The Morgan fingerprint density at radius 1 is 0.920 bits per heavy atom. The minimum atomic E-state index is 0.924. The Labute approximate surface area is 147 Å². The standard InChI is InChI=1S/C22H19N3/c1-25-13-11-17-18(14-25)22(20-8-4-5-12-23-20)24-19-10-9-15-6-2-3-7-16(15)21(17)19/h2-10,12H,11,13-14H2,1H3. The highest BCUT2D eigenvalue weighted by Crippen LogP contribution is 2.36. The van der Waals surface area contributed by atoms with Gasteiger partial charge in [0.15, 0.2) is 0 Å². The van der Waals surface area contributed by atoms with Gasteiger partial charge in [0.1, 0.15) is 0 Å². The fraction of sp³-hybridized carbons (Fsp3) is 0.182. The molecule has 0 bridgehead atoms. The highest BCUT2D eigenvalue weighted by Gasteiger charge is 2.23. The third-order valence-corrected chi connectivity index (χ3v) is 5.17. The third kappa shape index (κ3) is 2.31. The molecule has 0 unspecified atom stereocenters. The van der Waals surface area contributed by atoms with Crippen LogP contribution in [0.2, 0.25) is 0 Å². The molecule has 0 aliphatic carbocycles. The summed E-state index contributed by atoms with van der Waals surface area (Å²) in [7, 11) is 2.18. The Bertz CT molecular complexity index is 1090. The van der Waals surface area contributed by atoms with Crippen LogP contribution in [0.3, 0.4) is 0 Å². The predicted octanol–water partition coefficient (Wildman–Crippen LogP) is 4.44. The lowest BCUT2D eigenvalue weighted by atomic mass is 9.90. The van der Waals surface area contributed by atoms with E-state index >= 15 is 0 Å². The Balaban J connectivity index is 1.91. The first-order valence-electron chi connectivity index (χ1n) is 8.74. The maximum atomic E-state index is 5.05. The number of nitrogens with zero attached hydrogens (tertiary/aromatic N) is 3. The van der Waals surface area contributed by atoms with Crippen molar-refractivity contribution in [1.82, 2.24) is 14.9 Å². The molecule has 0 amide bonds. The van der Waals surface area contributed by atoms with Gasteiger partial charge in [-0.25, -0.2) is 4.98 Å². The largest absolute Gasteiger partial charge is 0.302 e. The number of fused-ring (bicyclic) bond motifs is 5. The van der Waals surface area contributed by atoms with E-state index in [1.807, 2.05) is 18.3 Å². The normalized spacial score (nSPS) is 14.8. The van der Waals surface area contributed by atoms with E-state index in [1.165, 1.54) is 27.3 Å². The molecule has 0 saturated heterocycles. The van der Waals surface area contributed by atoms with E-state index in [0.717, 1.165) is 36.4 Å². The second-order valence-corrected chi connectivity index (χ2v) is 6.80. The molecule has 0 N–H and O–H groups in total. The number of rotatable bonds is 1. The summed E-state index contributed by atoms with van der Waals surface area (Å²) in [5, 5.41) is 3.91. The molecule has 1 aliphatic rings. The second-order valence-electron chi connectivity index (χ2n) is 6.80. The van der Waals surface area contributed by atoms with E-state index in [2.05, 4.69) is 59.4 Å². The van der Waals surface area contributed by atoms with E-state index in [4.69, 9.17) is 4.98 Å². The van der Waals surface area contributed by atoms with Crippen LogP contribution in [0.25, 0.3) is 33.1 Å². The Kier molecular flexibility index (Phi) is 3.28. The first-order valence-corrected chi connectivity index (χ1v) is 8.74. The zero-order chi connectivity index (χ0) is 16.8. The minimum Gasteiger partial charge on any atom is -0.302 e. The minimum absolute atomic E-state index is 0.924. The highest BCUT2D eigenvalue weighted by atomic mass is 15.1. The van der Waals surface area contributed by atoms with Crippen molar-refractivity contribution in [3.63, 3.8) is 0 Å². The van der Waals surface area contributed by atoms with Gasteiger partial charge >= 0.3 is 0 Å². The maximum absolute atomic E-state index is 5.05. The summed E-state index contributed by atoms with van der Waals surface area (Å²) in [4.78, 5) is 12.0. The summed E-state index contributed by atoms with van der Waals surface area (Å²) in [6, 6.07) is 19.0. The topological polar surface area (TPSA) is 29.0 Å². The van der Waals surface area contributed by atoms with Crippen LogP contribution in [0, 0.1) is 0 Å². The van der Waals surface area contributed by atoms with Gasteiger partial charge < -0.3 is 4.90 Å². The smallest absolute Gasteiger partial charge is 0.0941 e. The zero-order valence-corrected chi connectivity index (χ0v) is 14.2.